The van der Waals surface area contributed by atoms with Crippen LogP contribution in [-0.2, 0) is 5.41 Å². The molecule has 0 amide bonds. The molecule has 0 saturated carbocycles. The third-order valence-corrected chi connectivity index (χ3v) is 10.5. The van der Waals surface area contributed by atoms with Crippen molar-refractivity contribution < 1.29 is 0 Å². The minimum atomic E-state index is -0.159. The standard InChI is InChI=1S/C46H31N3/c1-46(2)40-14-7-5-12-36(40)44-43(46)42(37-13-6-8-15-41(37)49-44)29-18-16-28(17-19-29)30-20-22-34-35-23-21-31(45-47-24-9-25-48-45)27-39(35)33-11-4-3-10-32(33)38(34)26-30/h3-27H,1-2H3. The summed E-state index contributed by atoms with van der Waals surface area (Å²) in [5.74, 6) is 0.741. The highest BCUT2D eigenvalue weighted by atomic mass is 14.8. The SMILES string of the molecule is CC1(C)c2ccccc2-c2nc3ccccc3c(-c3ccc(-c4ccc5c6ccc(-c7ncccn7)cc6c6ccccc6c5c4)cc3)c21. The second-order valence-corrected chi connectivity index (χ2v) is 13.6. The van der Waals surface area contributed by atoms with Crippen molar-refractivity contribution >= 4 is 43.2 Å². The van der Waals surface area contributed by atoms with Crippen molar-refractivity contribution in [3.05, 3.63) is 163 Å². The molecule has 230 valence electrons. The van der Waals surface area contributed by atoms with Crippen molar-refractivity contribution in [2.45, 2.75) is 19.3 Å². The molecule has 0 unspecified atom stereocenters. The first-order valence-electron chi connectivity index (χ1n) is 16.9. The van der Waals surface area contributed by atoms with E-state index >= 15 is 0 Å². The maximum absolute atomic E-state index is 5.23. The Morgan fingerprint density at radius 1 is 0.449 bits per heavy atom. The Kier molecular flexibility index (Phi) is 5.92. The monoisotopic (exact) mass is 625 g/mol. The molecule has 1 aliphatic carbocycles. The number of benzene rings is 7. The van der Waals surface area contributed by atoms with Crippen molar-refractivity contribution in [2.75, 3.05) is 0 Å². The van der Waals surface area contributed by atoms with Crippen molar-refractivity contribution in [1.29, 1.82) is 0 Å². The molecular formula is C46H31N3. The van der Waals surface area contributed by atoms with Gasteiger partial charge in [-0.2, -0.15) is 0 Å². The third-order valence-electron chi connectivity index (χ3n) is 10.5. The van der Waals surface area contributed by atoms with Crippen LogP contribution in [0, 0.1) is 0 Å². The van der Waals surface area contributed by atoms with Crippen molar-refractivity contribution in [1.82, 2.24) is 15.0 Å². The van der Waals surface area contributed by atoms with E-state index in [4.69, 9.17) is 4.98 Å². The van der Waals surface area contributed by atoms with Crippen LogP contribution in [0.1, 0.15) is 25.0 Å². The lowest BCUT2D eigenvalue weighted by molar-refractivity contribution is 0.662. The maximum atomic E-state index is 5.23. The highest BCUT2D eigenvalue weighted by molar-refractivity contribution is 6.26. The molecule has 2 heterocycles. The molecule has 0 bridgehead atoms. The predicted molar refractivity (Wildman–Crippen MR) is 204 cm³/mol. The Morgan fingerprint density at radius 2 is 1.00 bits per heavy atom. The van der Waals surface area contributed by atoms with Gasteiger partial charge in [0.2, 0.25) is 0 Å². The van der Waals surface area contributed by atoms with Crippen molar-refractivity contribution in [3.8, 4) is 44.9 Å². The third kappa shape index (κ3) is 4.12. The molecular weight excluding hydrogens is 595 g/mol. The lowest BCUT2D eigenvalue weighted by Gasteiger charge is -2.25. The zero-order valence-electron chi connectivity index (χ0n) is 27.3. The van der Waals surface area contributed by atoms with Crippen LogP contribution in [0.4, 0.5) is 0 Å². The summed E-state index contributed by atoms with van der Waals surface area (Å²) in [6, 6.07) is 50.6. The number of hydrogen-bond acceptors (Lipinski definition) is 3. The molecule has 49 heavy (non-hydrogen) atoms. The Labute approximate surface area is 284 Å². The van der Waals surface area contributed by atoms with Crippen molar-refractivity contribution in [2.24, 2.45) is 0 Å². The lowest BCUT2D eigenvalue weighted by atomic mass is 9.78. The number of para-hydroxylation sites is 1. The molecule has 10 rings (SSSR count). The minimum Gasteiger partial charge on any atom is -0.247 e. The van der Waals surface area contributed by atoms with Gasteiger partial charge in [-0.15, -0.1) is 0 Å². The van der Waals surface area contributed by atoms with Crippen LogP contribution in [0.2, 0.25) is 0 Å². The van der Waals surface area contributed by atoms with Gasteiger partial charge >= 0.3 is 0 Å². The number of pyridine rings is 1. The van der Waals surface area contributed by atoms with Gasteiger partial charge in [-0.1, -0.05) is 129 Å². The number of hydrogen-bond donors (Lipinski definition) is 0. The minimum absolute atomic E-state index is 0.159. The summed E-state index contributed by atoms with van der Waals surface area (Å²) in [5, 5.41) is 8.62. The second kappa shape index (κ2) is 10.4. The summed E-state index contributed by atoms with van der Waals surface area (Å²) in [6.45, 7) is 4.68. The van der Waals surface area contributed by atoms with E-state index in [-0.39, 0.29) is 5.41 Å². The molecule has 0 saturated heterocycles. The van der Waals surface area contributed by atoms with Gasteiger partial charge in [0.25, 0.3) is 0 Å². The van der Waals surface area contributed by atoms with Gasteiger partial charge in [-0.3, -0.25) is 0 Å². The number of nitrogens with zero attached hydrogens (tertiary/aromatic N) is 3. The van der Waals surface area contributed by atoms with Gasteiger partial charge in [-0.05, 0) is 90.0 Å². The summed E-state index contributed by atoms with van der Waals surface area (Å²) < 4.78 is 0. The number of fused-ring (bicyclic) bond motifs is 10. The van der Waals surface area contributed by atoms with E-state index in [9.17, 15) is 0 Å². The van der Waals surface area contributed by atoms with E-state index in [0.717, 1.165) is 22.6 Å². The molecule has 1 aliphatic rings. The number of aromatic nitrogens is 3. The van der Waals surface area contributed by atoms with E-state index in [1.165, 1.54) is 76.6 Å². The average Bonchev–Trinajstić information content (AvgIpc) is 3.39. The lowest BCUT2D eigenvalue weighted by Crippen LogP contribution is -2.16. The van der Waals surface area contributed by atoms with Gasteiger partial charge in [0.1, 0.15) is 0 Å². The fraction of sp³-hybridized carbons (Fsp3) is 0.0652. The van der Waals surface area contributed by atoms with Crippen LogP contribution in [0.15, 0.2) is 152 Å². The summed E-state index contributed by atoms with van der Waals surface area (Å²) in [6.07, 6.45) is 3.59. The molecule has 0 radical (unpaired) electrons. The first kappa shape index (κ1) is 27.9. The van der Waals surface area contributed by atoms with Gasteiger partial charge in [0.15, 0.2) is 5.82 Å². The van der Waals surface area contributed by atoms with Crippen LogP contribution < -0.4 is 0 Å². The molecule has 0 spiro atoms. The fourth-order valence-electron chi connectivity index (χ4n) is 8.24. The molecule has 3 nitrogen and oxygen atoms in total. The van der Waals surface area contributed by atoms with Gasteiger partial charge < -0.3 is 0 Å². The molecule has 0 N–H and O–H groups in total. The zero-order chi connectivity index (χ0) is 32.7. The summed E-state index contributed by atoms with van der Waals surface area (Å²) in [4.78, 5) is 14.2. The molecule has 3 heteroatoms. The normalized spacial score (nSPS) is 13.3. The first-order valence-corrected chi connectivity index (χ1v) is 16.9. The van der Waals surface area contributed by atoms with E-state index in [1.807, 2.05) is 6.07 Å². The molecule has 7 aromatic carbocycles. The topological polar surface area (TPSA) is 38.7 Å². The quantitative estimate of drug-likeness (QED) is 0.183. The highest BCUT2D eigenvalue weighted by Gasteiger charge is 2.39. The molecule has 2 aromatic heterocycles. The van der Waals surface area contributed by atoms with Gasteiger partial charge in [-0.25, -0.2) is 15.0 Å². The maximum Gasteiger partial charge on any atom is 0.159 e. The molecule has 9 aromatic rings. The van der Waals surface area contributed by atoms with Crippen LogP contribution in [0.25, 0.3) is 88.1 Å². The first-order chi connectivity index (χ1) is 24.1. The van der Waals surface area contributed by atoms with Crippen LogP contribution in [-0.4, -0.2) is 15.0 Å². The van der Waals surface area contributed by atoms with E-state index < -0.39 is 0 Å². The molecule has 0 fully saturated rings. The van der Waals surface area contributed by atoms with E-state index in [1.54, 1.807) is 12.4 Å². The zero-order valence-corrected chi connectivity index (χ0v) is 27.3. The van der Waals surface area contributed by atoms with E-state index in [2.05, 4.69) is 157 Å². The van der Waals surface area contributed by atoms with Crippen LogP contribution in [0.3, 0.4) is 0 Å². The summed E-state index contributed by atoms with van der Waals surface area (Å²) in [7, 11) is 0. The van der Waals surface area contributed by atoms with Gasteiger partial charge in [0, 0.05) is 34.3 Å². The smallest absolute Gasteiger partial charge is 0.159 e. The largest absolute Gasteiger partial charge is 0.247 e. The Morgan fingerprint density at radius 3 is 1.73 bits per heavy atom. The van der Waals surface area contributed by atoms with Crippen molar-refractivity contribution in [3.63, 3.8) is 0 Å². The summed E-state index contributed by atoms with van der Waals surface area (Å²) in [5.41, 5.74) is 11.8. The summed E-state index contributed by atoms with van der Waals surface area (Å²) >= 11 is 0. The Bertz CT molecular complexity index is 2760. The predicted octanol–water partition coefficient (Wildman–Crippen LogP) is 11.8. The molecule has 0 aliphatic heterocycles. The van der Waals surface area contributed by atoms with Gasteiger partial charge in [0.05, 0.1) is 11.2 Å². The Hall–Kier alpha value is -6.19. The average molecular weight is 626 g/mol. The number of rotatable bonds is 3. The van der Waals surface area contributed by atoms with E-state index in [0.29, 0.717) is 0 Å². The second-order valence-electron chi connectivity index (χ2n) is 13.6. The fourth-order valence-corrected chi connectivity index (χ4v) is 8.24. The molecule has 0 atom stereocenters. The highest BCUT2D eigenvalue weighted by Crippen LogP contribution is 2.53. The van der Waals surface area contributed by atoms with Crippen LogP contribution in [0.5, 0.6) is 0 Å². The van der Waals surface area contributed by atoms with Crippen LogP contribution >= 0.6 is 0 Å². The Balaban J connectivity index is 1.12.